The van der Waals surface area contributed by atoms with Crippen LogP contribution >= 0.6 is 0 Å². The maximum atomic E-state index is 8.91. The van der Waals surface area contributed by atoms with Crippen LogP contribution in [0.1, 0.15) is 16.8 Å². The fourth-order valence-corrected chi connectivity index (χ4v) is 1.58. The van der Waals surface area contributed by atoms with Crippen molar-refractivity contribution in [2.45, 2.75) is 13.2 Å². The van der Waals surface area contributed by atoms with Crippen molar-refractivity contribution in [3.05, 3.63) is 59.4 Å². The molecule has 2 N–H and O–H groups in total. The zero-order valence-corrected chi connectivity index (χ0v) is 9.84. The Kier molecular flexibility index (Phi) is 3.90. The minimum atomic E-state index is 0.324. The second-order valence-corrected chi connectivity index (χ2v) is 3.76. The highest BCUT2D eigenvalue weighted by molar-refractivity contribution is 5.32. The number of hydrogen-bond donors (Lipinski definition) is 1. The molecule has 2 aromatic rings. The van der Waals surface area contributed by atoms with E-state index in [0.29, 0.717) is 18.8 Å². The van der Waals surface area contributed by atoms with Crippen LogP contribution in [0.2, 0.25) is 0 Å². The Labute approximate surface area is 106 Å². The van der Waals surface area contributed by atoms with Crippen molar-refractivity contribution in [3.8, 4) is 11.8 Å². The lowest BCUT2D eigenvalue weighted by Gasteiger charge is -2.08. The Morgan fingerprint density at radius 3 is 2.94 bits per heavy atom. The second kappa shape index (κ2) is 5.80. The number of nitriles is 1. The quantitative estimate of drug-likeness (QED) is 0.885. The van der Waals surface area contributed by atoms with Gasteiger partial charge in [-0.05, 0) is 23.8 Å². The normalized spacial score (nSPS) is 9.78. The first-order valence-electron chi connectivity index (χ1n) is 5.59. The first-order valence-corrected chi connectivity index (χ1v) is 5.59. The van der Waals surface area contributed by atoms with Crippen LogP contribution in [-0.2, 0) is 13.2 Å². The molecule has 1 heterocycles. The number of nitrogens with two attached hydrogens (primary N) is 1. The fourth-order valence-electron chi connectivity index (χ4n) is 1.58. The highest BCUT2D eigenvalue weighted by Crippen LogP contribution is 2.15. The topological polar surface area (TPSA) is 71.9 Å². The molecule has 4 nitrogen and oxygen atoms in total. The van der Waals surface area contributed by atoms with Crippen molar-refractivity contribution in [3.63, 3.8) is 0 Å². The molecule has 18 heavy (non-hydrogen) atoms. The van der Waals surface area contributed by atoms with Gasteiger partial charge in [0.25, 0.3) is 0 Å². The Balaban J connectivity index is 2.09. The van der Waals surface area contributed by atoms with Gasteiger partial charge < -0.3 is 10.5 Å². The van der Waals surface area contributed by atoms with Crippen LogP contribution in [0.4, 0.5) is 0 Å². The SMILES string of the molecule is N#Cc1ncccc1COc1cccc(CN)c1. The molecule has 1 aromatic carbocycles. The van der Waals surface area contributed by atoms with E-state index in [1.807, 2.05) is 36.4 Å². The number of hydrogen-bond acceptors (Lipinski definition) is 4. The van der Waals surface area contributed by atoms with Gasteiger partial charge in [0.1, 0.15) is 24.1 Å². The van der Waals surface area contributed by atoms with Crippen LogP contribution in [-0.4, -0.2) is 4.98 Å². The van der Waals surface area contributed by atoms with Crippen LogP contribution in [0.25, 0.3) is 0 Å². The Hall–Kier alpha value is -2.38. The molecule has 0 radical (unpaired) electrons. The standard InChI is InChI=1S/C14H13N3O/c15-8-11-3-1-5-13(7-11)18-10-12-4-2-6-17-14(12)9-16/h1-7H,8,10,15H2. The van der Waals surface area contributed by atoms with E-state index in [2.05, 4.69) is 4.98 Å². The maximum absolute atomic E-state index is 8.91. The Bertz CT molecular complexity index is 575. The molecule has 1 aromatic heterocycles. The summed E-state index contributed by atoms with van der Waals surface area (Å²) in [6.07, 6.45) is 1.59. The van der Waals surface area contributed by atoms with Gasteiger partial charge in [-0.2, -0.15) is 5.26 Å². The van der Waals surface area contributed by atoms with Gasteiger partial charge in [-0.25, -0.2) is 4.98 Å². The number of pyridine rings is 1. The molecular formula is C14H13N3O. The predicted octanol–water partition coefficient (Wildman–Crippen LogP) is 1.99. The van der Waals surface area contributed by atoms with Crippen LogP contribution < -0.4 is 10.5 Å². The summed E-state index contributed by atoms with van der Waals surface area (Å²) in [5.74, 6) is 0.741. The van der Waals surface area contributed by atoms with Crippen LogP contribution in [0.3, 0.4) is 0 Å². The smallest absolute Gasteiger partial charge is 0.147 e. The Morgan fingerprint density at radius 1 is 1.28 bits per heavy atom. The van der Waals surface area contributed by atoms with Gasteiger partial charge in [-0.15, -0.1) is 0 Å². The lowest BCUT2D eigenvalue weighted by molar-refractivity contribution is 0.305. The monoisotopic (exact) mass is 239 g/mol. The number of ether oxygens (including phenoxy) is 1. The predicted molar refractivity (Wildman–Crippen MR) is 67.6 cm³/mol. The number of rotatable bonds is 4. The van der Waals surface area contributed by atoms with Crippen molar-refractivity contribution < 1.29 is 4.74 Å². The minimum absolute atomic E-state index is 0.324. The molecule has 0 saturated heterocycles. The van der Waals surface area contributed by atoms with Gasteiger partial charge in [0.05, 0.1) is 0 Å². The molecule has 0 aliphatic carbocycles. The highest BCUT2D eigenvalue weighted by atomic mass is 16.5. The third-order valence-electron chi connectivity index (χ3n) is 2.53. The summed E-state index contributed by atoms with van der Waals surface area (Å²) in [4.78, 5) is 3.98. The number of benzene rings is 1. The van der Waals surface area contributed by atoms with E-state index in [1.54, 1.807) is 12.3 Å². The third-order valence-corrected chi connectivity index (χ3v) is 2.53. The summed E-state index contributed by atoms with van der Waals surface area (Å²) < 4.78 is 5.63. The summed E-state index contributed by atoms with van der Waals surface area (Å²) in [6, 6.07) is 13.3. The van der Waals surface area contributed by atoms with Crippen molar-refractivity contribution in [2.24, 2.45) is 5.73 Å². The summed E-state index contributed by atoms with van der Waals surface area (Å²) in [6.45, 7) is 0.804. The molecule has 0 saturated carbocycles. The van der Waals surface area contributed by atoms with E-state index < -0.39 is 0 Å². The molecule has 2 rings (SSSR count). The van der Waals surface area contributed by atoms with Crippen LogP contribution in [0.5, 0.6) is 5.75 Å². The van der Waals surface area contributed by atoms with E-state index in [1.165, 1.54) is 0 Å². The molecule has 0 spiro atoms. The average Bonchev–Trinajstić information content (AvgIpc) is 2.45. The van der Waals surface area contributed by atoms with Crippen molar-refractivity contribution in [1.29, 1.82) is 5.26 Å². The molecule has 0 bridgehead atoms. The zero-order valence-electron chi connectivity index (χ0n) is 9.84. The van der Waals surface area contributed by atoms with Gasteiger partial charge in [0.15, 0.2) is 0 Å². The summed E-state index contributed by atoms with van der Waals surface area (Å²) >= 11 is 0. The molecule has 0 amide bonds. The molecule has 0 aliphatic rings. The molecule has 4 heteroatoms. The minimum Gasteiger partial charge on any atom is -0.489 e. The highest BCUT2D eigenvalue weighted by Gasteiger charge is 2.03. The van der Waals surface area contributed by atoms with Crippen molar-refractivity contribution in [2.75, 3.05) is 0 Å². The lowest BCUT2D eigenvalue weighted by atomic mass is 10.2. The molecule has 0 fully saturated rings. The summed E-state index contributed by atoms with van der Waals surface area (Å²) in [5, 5.41) is 8.91. The van der Waals surface area contributed by atoms with Crippen LogP contribution in [0, 0.1) is 11.3 Å². The summed E-state index contributed by atoms with van der Waals surface area (Å²) in [5.41, 5.74) is 7.75. The molecule has 0 aliphatic heterocycles. The number of aromatic nitrogens is 1. The number of nitrogens with zero attached hydrogens (tertiary/aromatic N) is 2. The summed E-state index contributed by atoms with van der Waals surface area (Å²) in [7, 11) is 0. The molecule has 90 valence electrons. The molecule has 0 atom stereocenters. The third kappa shape index (κ3) is 2.84. The first-order chi connectivity index (χ1) is 8.83. The largest absolute Gasteiger partial charge is 0.489 e. The Morgan fingerprint density at radius 2 is 2.17 bits per heavy atom. The average molecular weight is 239 g/mol. The van der Waals surface area contributed by atoms with Gasteiger partial charge in [-0.3, -0.25) is 0 Å². The van der Waals surface area contributed by atoms with Crippen LogP contribution in [0.15, 0.2) is 42.6 Å². The first kappa shape index (κ1) is 12.1. The van der Waals surface area contributed by atoms with Gasteiger partial charge in [-0.1, -0.05) is 18.2 Å². The lowest BCUT2D eigenvalue weighted by Crippen LogP contribution is -2.01. The van der Waals surface area contributed by atoms with Crippen molar-refractivity contribution in [1.82, 2.24) is 4.98 Å². The van der Waals surface area contributed by atoms with Crippen molar-refractivity contribution >= 4 is 0 Å². The van der Waals surface area contributed by atoms with Gasteiger partial charge >= 0.3 is 0 Å². The second-order valence-electron chi connectivity index (χ2n) is 3.76. The fraction of sp³-hybridized carbons (Fsp3) is 0.143. The van der Waals surface area contributed by atoms with E-state index in [-0.39, 0.29) is 0 Å². The molecule has 0 unspecified atom stereocenters. The van der Waals surface area contributed by atoms with E-state index >= 15 is 0 Å². The van der Waals surface area contributed by atoms with E-state index in [0.717, 1.165) is 16.9 Å². The van der Waals surface area contributed by atoms with E-state index in [9.17, 15) is 0 Å². The van der Waals surface area contributed by atoms with Gasteiger partial charge in [0.2, 0.25) is 0 Å². The van der Waals surface area contributed by atoms with E-state index in [4.69, 9.17) is 15.7 Å². The molecular weight excluding hydrogens is 226 g/mol. The zero-order chi connectivity index (χ0) is 12.8. The maximum Gasteiger partial charge on any atom is 0.147 e. The van der Waals surface area contributed by atoms with Gasteiger partial charge in [0, 0.05) is 18.3 Å².